The lowest BCUT2D eigenvalue weighted by Crippen LogP contribution is -2.41. The standard InChI is InChI=1S/C13H26N2O3/c1-5-10(2)15-12(18)14-9-8-13(3,4)7-6-11(16)17/h10H,5-9H2,1-4H3,(H,16,17)(H2,14,15,18). The second-order valence-corrected chi connectivity index (χ2v) is 5.52. The minimum atomic E-state index is -0.773. The Hall–Kier alpha value is -1.26. The van der Waals surface area contributed by atoms with Crippen LogP contribution >= 0.6 is 0 Å². The van der Waals surface area contributed by atoms with Crippen LogP contribution in [0.4, 0.5) is 4.79 Å². The van der Waals surface area contributed by atoms with Crippen molar-refractivity contribution in [3.8, 4) is 0 Å². The highest BCUT2D eigenvalue weighted by atomic mass is 16.4. The SMILES string of the molecule is CCC(C)NC(=O)NCCC(C)(C)CCC(=O)O. The number of carboxylic acids is 1. The third-order valence-electron chi connectivity index (χ3n) is 3.09. The molecule has 106 valence electrons. The fraction of sp³-hybridized carbons (Fsp3) is 0.846. The van der Waals surface area contributed by atoms with Gasteiger partial charge in [0.15, 0.2) is 0 Å². The molecular weight excluding hydrogens is 232 g/mol. The number of amides is 2. The van der Waals surface area contributed by atoms with E-state index in [0.717, 1.165) is 12.8 Å². The normalized spacial score (nSPS) is 12.9. The molecule has 0 spiro atoms. The molecule has 5 nitrogen and oxygen atoms in total. The van der Waals surface area contributed by atoms with Crippen molar-refractivity contribution in [1.29, 1.82) is 0 Å². The highest BCUT2D eigenvalue weighted by Gasteiger charge is 2.19. The zero-order valence-electron chi connectivity index (χ0n) is 11.9. The fourth-order valence-electron chi connectivity index (χ4n) is 1.46. The second-order valence-electron chi connectivity index (χ2n) is 5.52. The van der Waals surface area contributed by atoms with E-state index in [0.29, 0.717) is 13.0 Å². The summed E-state index contributed by atoms with van der Waals surface area (Å²) in [5.41, 5.74) is -0.0674. The summed E-state index contributed by atoms with van der Waals surface area (Å²) in [5.74, 6) is -0.773. The van der Waals surface area contributed by atoms with E-state index in [-0.39, 0.29) is 23.9 Å². The molecule has 0 bridgehead atoms. The molecule has 0 rings (SSSR count). The van der Waals surface area contributed by atoms with Crippen molar-refractivity contribution in [1.82, 2.24) is 10.6 Å². The highest BCUT2D eigenvalue weighted by Crippen LogP contribution is 2.25. The Bertz CT molecular complexity index is 277. The number of carbonyl (C=O) groups is 2. The number of carboxylic acid groups (broad SMARTS) is 1. The van der Waals surface area contributed by atoms with E-state index in [1.165, 1.54) is 0 Å². The maximum Gasteiger partial charge on any atom is 0.314 e. The van der Waals surface area contributed by atoms with Crippen LogP contribution in [0.15, 0.2) is 0 Å². The van der Waals surface area contributed by atoms with E-state index in [4.69, 9.17) is 5.11 Å². The van der Waals surface area contributed by atoms with Gasteiger partial charge in [-0.1, -0.05) is 20.8 Å². The first-order valence-corrected chi connectivity index (χ1v) is 6.53. The molecule has 0 aliphatic carbocycles. The Morgan fingerprint density at radius 1 is 1.28 bits per heavy atom. The molecule has 0 heterocycles. The zero-order valence-corrected chi connectivity index (χ0v) is 11.9. The monoisotopic (exact) mass is 258 g/mol. The summed E-state index contributed by atoms with van der Waals surface area (Å²) in [6.07, 6.45) is 2.47. The second kappa shape index (κ2) is 7.95. The first-order valence-electron chi connectivity index (χ1n) is 6.53. The van der Waals surface area contributed by atoms with Crippen LogP contribution in [-0.2, 0) is 4.79 Å². The van der Waals surface area contributed by atoms with Gasteiger partial charge in [0.1, 0.15) is 0 Å². The van der Waals surface area contributed by atoms with Crippen molar-refractivity contribution in [2.45, 2.75) is 59.4 Å². The molecule has 5 heteroatoms. The van der Waals surface area contributed by atoms with Gasteiger partial charge in [-0.3, -0.25) is 4.79 Å². The van der Waals surface area contributed by atoms with E-state index in [9.17, 15) is 9.59 Å². The van der Waals surface area contributed by atoms with Crippen LogP contribution in [-0.4, -0.2) is 29.7 Å². The Balaban J connectivity index is 3.81. The molecule has 0 aliphatic heterocycles. The molecule has 1 unspecified atom stereocenters. The molecule has 3 N–H and O–H groups in total. The number of urea groups is 1. The quantitative estimate of drug-likeness (QED) is 0.625. The molecule has 0 fully saturated rings. The average Bonchev–Trinajstić information content (AvgIpc) is 2.26. The third kappa shape index (κ3) is 8.84. The van der Waals surface area contributed by atoms with Gasteiger partial charge in [0.2, 0.25) is 0 Å². The summed E-state index contributed by atoms with van der Waals surface area (Å²) in [4.78, 5) is 22.0. The minimum absolute atomic E-state index is 0.0674. The van der Waals surface area contributed by atoms with Crippen LogP contribution in [0, 0.1) is 5.41 Å². The lowest BCUT2D eigenvalue weighted by atomic mass is 9.84. The van der Waals surface area contributed by atoms with E-state index >= 15 is 0 Å². The lowest BCUT2D eigenvalue weighted by Gasteiger charge is -2.24. The van der Waals surface area contributed by atoms with Gasteiger partial charge in [-0.25, -0.2) is 4.79 Å². The Kier molecular flexibility index (Phi) is 7.39. The fourth-order valence-corrected chi connectivity index (χ4v) is 1.46. The maximum atomic E-state index is 11.4. The third-order valence-corrected chi connectivity index (χ3v) is 3.09. The molecule has 0 saturated carbocycles. The molecule has 0 radical (unpaired) electrons. The van der Waals surface area contributed by atoms with Crippen molar-refractivity contribution in [2.24, 2.45) is 5.41 Å². The van der Waals surface area contributed by atoms with Crippen LogP contribution < -0.4 is 10.6 Å². The maximum absolute atomic E-state index is 11.4. The Morgan fingerprint density at radius 3 is 2.39 bits per heavy atom. The summed E-state index contributed by atoms with van der Waals surface area (Å²) >= 11 is 0. The predicted octanol–water partition coefficient (Wildman–Crippen LogP) is 2.37. The van der Waals surface area contributed by atoms with Gasteiger partial charge >= 0.3 is 12.0 Å². The molecule has 0 aromatic carbocycles. The number of carbonyl (C=O) groups excluding carboxylic acids is 1. The lowest BCUT2D eigenvalue weighted by molar-refractivity contribution is -0.137. The Labute approximate surface area is 109 Å². The first kappa shape index (κ1) is 16.7. The van der Waals surface area contributed by atoms with Crippen LogP contribution in [0.25, 0.3) is 0 Å². The molecule has 0 aliphatic rings. The number of hydrogen-bond donors (Lipinski definition) is 3. The van der Waals surface area contributed by atoms with E-state index in [1.807, 2.05) is 27.7 Å². The summed E-state index contributed by atoms with van der Waals surface area (Å²) in [6.45, 7) is 8.57. The first-order chi connectivity index (χ1) is 8.26. The minimum Gasteiger partial charge on any atom is -0.481 e. The highest BCUT2D eigenvalue weighted by molar-refractivity contribution is 5.74. The molecule has 18 heavy (non-hydrogen) atoms. The van der Waals surface area contributed by atoms with Crippen LogP contribution in [0.3, 0.4) is 0 Å². The van der Waals surface area contributed by atoms with Gasteiger partial charge in [0.25, 0.3) is 0 Å². The van der Waals surface area contributed by atoms with Crippen molar-refractivity contribution in [3.63, 3.8) is 0 Å². The van der Waals surface area contributed by atoms with Crippen LogP contribution in [0.1, 0.15) is 53.4 Å². The van der Waals surface area contributed by atoms with Crippen molar-refractivity contribution < 1.29 is 14.7 Å². The van der Waals surface area contributed by atoms with E-state index in [1.54, 1.807) is 0 Å². The predicted molar refractivity (Wildman–Crippen MR) is 71.6 cm³/mol. The van der Waals surface area contributed by atoms with E-state index in [2.05, 4.69) is 10.6 Å². The summed E-state index contributed by atoms with van der Waals surface area (Å²) in [5, 5.41) is 14.3. The number of aliphatic carboxylic acids is 1. The summed E-state index contributed by atoms with van der Waals surface area (Å²) < 4.78 is 0. The van der Waals surface area contributed by atoms with Crippen molar-refractivity contribution in [2.75, 3.05) is 6.54 Å². The number of hydrogen-bond acceptors (Lipinski definition) is 2. The van der Waals surface area contributed by atoms with Crippen molar-refractivity contribution >= 4 is 12.0 Å². The molecule has 0 aromatic heterocycles. The number of rotatable bonds is 8. The van der Waals surface area contributed by atoms with Crippen molar-refractivity contribution in [3.05, 3.63) is 0 Å². The van der Waals surface area contributed by atoms with Crippen LogP contribution in [0.5, 0.6) is 0 Å². The van der Waals surface area contributed by atoms with Gasteiger partial charge in [0, 0.05) is 19.0 Å². The molecule has 1 atom stereocenters. The van der Waals surface area contributed by atoms with E-state index < -0.39 is 5.97 Å². The van der Waals surface area contributed by atoms with Crippen LogP contribution in [0.2, 0.25) is 0 Å². The topological polar surface area (TPSA) is 78.4 Å². The summed E-state index contributed by atoms with van der Waals surface area (Å²) in [7, 11) is 0. The summed E-state index contributed by atoms with van der Waals surface area (Å²) in [6, 6.07) is 0.0170. The largest absolute Gasteiger partial charge is 0.481 e. The molecule has 0 saturated heterocycles. The van der Waals surface area contributed by atoms with Gasteiger partial charge in [0.05, 0.1) is 0 Å². The Morgan fingerprint density at radius 2 is 1.89 bits per heavy atom. The average molecular weight is 258 g/mol. The van der Waals surface area contributed by atoms with Gasteiger partial charge in [-0.05, 0) is 31.6 Å². The number of nitrogens with one attached hydrogen (secondary N) is 2. The van der Waals surface area contributed by atoms with Gasteiger partial charge in [-0.15, -0.1) is 0 Å². The molecular formula is C13H26N2O3. The van der Waals surface area contributed by atoms with Gasteiger partial charge in [-0.2, -0.15) is 0 Å². The molecule has 0 aromatic rings. The smallest absolute Gasteiger partial charge is 0.314 e. The van der Waals surface area contributed by atoms with Gasteiger partial charge < -0.3 is 15.7 Å². The zero-order chi connectivity index (χ0) is 14.2. The molecule has 2 amide bonds.